The van der Waals surface area contributed by atoms with Gasteiger partial charge in [-0.25, -0.2) is 0 Å². The first-order chi connectivity index (χ1) is 6.70. The maximum Gasteiger partial charge on any atom is 0.0638 e. The standard InChI is InChI=1S/C10H16N2OS/c1-8(2)13-5-6-14-10-3-4-12-7-9(10)11/h3-4,7-8H,5-6,11H2,1-2H3. The van der Waals surface area contributed by atoms with Gasteiger partial charge in [0.1, 0.15) is 0 Å². The zero-order valence-corrected chi connectivity index (χ0v) is 9.38. The molecule has 0 bridgehead atoms. The Hall–Kier alpha value is -0.740. The summed E-state index contributed by atoms with van der Waals surface area (Å²) >= 11 is 1.70. The molecule has 0 aliphatic rings. The lowest BCUT2D eigenvalue weighted by atomic mass is 10.4. The smallest absolute Gasteiger partial charge is 0.0638 e. The van der Waals surface area contributed by atoms with Crippen LogP contribution in [-0.4, -0.2) is 23.4 Å². The molecule has 0 aromatic carbocycles. The topological polar surface area (TPSA) is 48.1 Å². The van der Waals surface area contributed by atoms with Crippen LogP contribution in [0, 0.1) is 0 Å². The Morgan fingerprint density at radius 1 is 1.57 bits per heavy atom. The first-order valence-corrected chi connectivity index (χ1v) is 5.62. The van der Waals surface area contributed by atoms with E-state index in [1.807, 2.05) is 19.9 Å². The monoisotopic (exact) mass is 212 g/mol. The molecule has 0 amide bonds. The molecule has 0 unspecified atom stereocenters. The van der Waals surface area contributed by atoms with Gasteiger partial charge in [0.05, 0.1) is 24.6 Å². The lowest BCUT2D eigenvalue weighted by molar-refractivity contribution is 0.0920. The average molecular weight is 212 g/mol. The van der Waals surface area contributed by atoms with E-state index in [9.17, 15) is 0 Å². The normalized spacial score (nSPS) is 10.8. The maximum absolute atomic E-state index is 5.74. The van der Waals surface area contributed by atoms with Crippen molar-refractivity contribution in [1.29, 1.82) is 0 Å². The van der Waals surface area contributed by atoms with E-state index in [0.29, 0.717) is 6.10 Å². The van der Waals surface area contributed by atoms with E-state index in [4.69, 9.17) is 10.5 Å². The number of pyridine rings is 1. The third-order valence-electron chi connectivity index (χ3n) is 1.60. The van der Waals surface area contributed by atoms with Crippen LogP contribution in [0.15, 0.2) is 23.4 Å². The fourth-order valence-electron chi connectivity index (χ4n) is 0.961. The van der Waals surface area contributed by atoms with Gasteiger partial charge in [0.2, 0.25) is 0 Å². The highest BCUT2D eigenvalue weighted by molar-refractivity contribution is 7.99. The Morgan fingerprint density at radius 2 is 2.36 bits per heavy atom. The molecule has 0 atom stereocenters. The van der Waals surface area contributed by atoms with Gasteiger partial charge in [0.15, 0.2) is 0 Å². The largest absolute Gasteiger partial charge is 0.397 e. The lowest BCUT2D eigenvalue weighted by Crippen LogP contribution is -2.05. The highest BCUT2D eigenvalue weighted by Crippen LogP contribution is 2.22. The first kappa shape index (κ1) is 11.3. The molecule has 0 aliphatic carbocycles. The van der Waals surface area contributed by atoms with E-state index < -0.39 is 0 Å². The molecule has 2 N–H and O–H groups in total. The predicted molar refractivity (Wildman–Crippen MR) is 60.5 cm³/mol. The lowest BCUT2D eigenvalue weighted by Gasteiger charge is -2.07. The predicted octanol–water partition coefficient (Wildman–Crippen LogP) is 2.18. The minimum absolute atomic E-state index is 0.297. The Labute approximate surface area is 89.1 Å². The summed E-state index contributed by atoms with van der Waals surface area (Å²) in [6.45, 7) is 4.82. The number of rotatable bonds is 5. The number of nitrogens with two attached hydrogens (primary N) is 1. The van der Waals surface area contributed by atoms with E-state index >= 15 is 0 Å². The van der Waals surface area contributed by atoms with Crippen LogP contribution in [-0.2, 0) is 4.74 Å². The number of ether oxygens (including phenoxy) is 1. The van der Waals surface area contributed by atoms with Crippen LogP contribution in [0.3, 0.4) is 0 Å². The summed E-state index contributed by atoms with van der Waals surface area (Å²) in [5.41, 5.74) is 6.48. The highest BCUT2D eigenvalue weighted by Gasteiger charge is 1.99. The second-order valence-electron chi connectivity index (χ2n) is 3.18. The van der Waals surface area contributed by atoms with Crippen molar-refractivity contribution in [3.8, 4) is 0 Å². The average Bonchev–Trinajstić information content (AvgIpc) is 2.15. The van der Waals surface area contributed by atoms with Crippen LogP contribution < -0.4 is 5.73 Å². The van der Waals surface area contributed by atoms with Crippen LogP contribution in [0.4, 0.5) is 5.69 Å². The summed E-state index contributed by atoms with van der Waals surface area (Å²) in [4.78, 5) is 5.01. The molecule has 0 spiro atoms. The van der Waals surface area contributed by atoms with Gasteiger partial charge in [0, 0.05) is 16.8 Å². The van der Waals surface area contributed by atoms with Gasteiger partial charge in [-0.1, -0.05) is 0 Å². The molecule has 1 aromatic heterocycles. The van der Waals surface area contributed by atoms with Crippen LogP contribution in [0.2, 0.25) is 0 Å². The molecule has 4 heteroatoms. The molecule has 0 aliphatic heterocycles. The molecule has 3 nitrogen and oxygen atoms in total. The van der Waals surface area contributed by atoms with Gasteiger partial charge in [-0.15, -0.1) is 11.8 Å². The molecule has 0 radical (unpaired) electrons. The highest BCUT2D eigenvalue weighted by atomic mass is 32.2. The van der Waals surface area contributed by atoms with E-state index in [1.54, 1.807) is 24.2 Å². The van der Waals surface area contributed by atoms with Gasteiger partial charge in [0.25, 0.3) is 0 Å². The van der Waals surface area contributed by atoms with Crippen LogP contribution in [0.25, 0.3) is 0 Å². The minimum atomic E-state index is 0.297. The fraction of sp³-hybridized carbons (Fsp3) is 0.500. The van der Waals surface area contributed by atoms with Crippen molar-refractivity contribution < 1.29 is 4.74 Å². The van der Waals surface area contributed by atoms with E-state index in [1.165, 1.54) is 0 Å². The molecule has 1 rings (SSSR count). The molecular weight excluding hydrogens is 196 g/mol. The Balaban J connectivity index is 2.28. The third kappa shape index (κ3) is 3.98. The zero-order valence-electron chi connectivity index (χ0n) is 8.56. The summed E-state index contributed by atoms with van der Waals surface area (Å²) in [6, 6.07) is 1.93. The minimum Gasteiger partial charge on any atom is -0.397 e. The number of nitrogens with zero attached hydrogens (tertiary/aromatic N) is 1. The molecule has 0 fully saturated rings. The second kappa shape index (κ2) is 5.88. The molecule has 78 valence electrons. The van der Waals surface area contributed by atoms with Crippen LogP contribution in [0.1, 0.15) is 13.8 Å². The van der Waals surface area contributed by atoms with E-state index in [0.717, 1.165) is 22.9 Å². The van der Waals surface area contributed by atoms with Crippen molar-refractivity contribution in [3.63, 3.8) is 0 Å². The van der Waals surface area contributed by atoms with Gasteiger partial charge in [-0.05, 0) is 19.9 Å². The number of anilines is 1. The number of hydrogen-bond donors (Lipinski definition) is 1. The van der Waals surface area contributed by atoms with Crippen molar-refractivity contribution in [2.45, 2.75) is 24.8 Å². The molecule has 0 saturated carbocycles. The molecule has 0 saturated heterocycles. The SMILES string of the molecule is CC(C)OCCSc1ccncc1N. The third-order valence-corrected chi connectivity index (χ3v) is 2.66. The summed E-state index contributed by atoms with van der Waals surface area (Å²) in [5.74, 6) is 0.923. The van der Waals surface area contributed by atoms with Crippen LogP contribution >= 0.6 is 11.8 Å². The summed E-state index contributed by atoms with van der Waals surface area (Å²) in [6.07, 6.45) is 3.72. The van der Waals surface area contributed by atoms with E-state index in [-0.39, 0.29) is 0 Å². The number of nitrogen functional groups attached to an aromatic ring is 1. The number of thioether (sulfide) groups is 1. The van der Waals surface area contributed by atoms with Crippen LogP contribution in [0.5, 0.6) is 0 Å². The van der Waals surface area contributed by atoms with Crippen molar-refractivity contribution >= 4 is 17.4 Å². The zero-order chi connectivity index (χ0) is 10.4. The van der Waals surface area contributed by atoms with Crippen molar-refractivity contribution in [2.24, 2.45) is 0 Å². The molecule has 1 aromatic rings. The quantitative estimate of drug-likeness (QED) is 0.600. The summed E-state index contributed by atoms with van der Waals surface area (Å²) in [5, 5.41) is 0. The van der Waals surface area contributed by atoms with E-state index in [2.05, 4.69) is 4.98 Å². The van der Waals surface area contributed by atoms with Gasteiger partial charge < -0.3 is 10.5 Å². The first-order valence-electron chi connectivity index (χ1n) is 4.64. The number of aromatic nitrogens is 1. The Kier molecular flexibility index (Phi) is 4.76. The fourth-order valence-corrected chi connectivity index (χ4v) is 1.74. The maximum atomic E-state index is 5.74. The van der Waals surface area contributed by atoms with Gasteiger partial charge in [-0.2, -0.15) is 0 Å². The Bertz CT molecular complexity index is 279. The Morgan fingerprint density at radius 3 is 3.00 bits per heavy atom. The summed E-state index contributed by atoms with van der Waals surface area (Å²) in [7, 11) is 0. The van der Waals surface area contributed by atoms with Gasteiger partial charge in [-0.3, -0.25) is 4.98 Å². The van der Waals surface area contributed by atoms with Crippen molar-refractivity contribution in [3.05, 3.63) is 18.5 Å². The molecule has 1 heterocycles. The van der Waals surface area contributed by atoms with Gasteiger partial charge >= 0.3 is 0 Å². The van der Waals surface area contributed by atoms with Crippen molar-refractivity contribution in [1.82, 2.24) is 4.98 Å². The molecular formula is C10H16N2OS. The van der Waals surface area contributed by atoms with Crippen molar-refractivity contribution in [2.75, 3.05) is 18.1 Å². The number of hydrogen-bond acceptors (Lipinski definition) is 4. The second-order valence-corrected chi connectivity index (χ2v) is 4.32. The molecule has 14 heavy (non-hydrogen) atoms. The summed E-state index contributed by atoms with van der Waals surface area (Å²) < 4.78 is 5.43.